The van der Waals surface area contributed by atoms with Crippen LogP contribution in [0.5, 0.6) is 5.75 Å². The molecule has 0 saturated carbocycles. The maximum Gasteiger partial charge on any atom is 0.248 e. The van der Waals surface area contributed by atoms with Crippen LogP contribution in [0.15, 0.2) is 34.9 Å². The minimum atomic E-state index is -3.00. The number of nitrogens with zero attached hydrogens (tertiary/aromatic N) is 4. The summed E-state index contributed by atoms with van der Waals surface area (Å²) in [6.45, 7) is 6.53. The number of rotatable bonds is 12. The fraction of sp³-hybridized carbons (Fsp3) is 0.464. The number of aromatic nitrogens is 3. The van der Waals surface area contributed by atoms with Crippen LogP contribution in [0.4, 0.5) is 10.2 Å². The van der Waals surface area contributed by atoms with Crippen molar-refractivity contribution in [1.29, 1.82) is 0 Å². The molecule has 1 unspecified atom stereocenters. The third-order valence-corrected chi connectivity index (χ3v) is 9.70. The molecule has 226 valence electrons. The molecule has 2 amide bonds. The number of benzene rings is 1. The fourth-order valence-corrected chi connectivity index (χ4v) is 7.04. The van der Waals surface area contributed by atoms with Crippen LogP contribution in [0, 0.1) is 6.92 Å². The lowest BCUT2D eigenvalue weighted by molar-refractivity contribution is -0.137. The molecule has 4 rings (SSSR count). The number of likely N-dealkylation sites (tertiary alicyclic amines) is 1. The number of carbonyl (C=O) groups is 3. The zero-order valence-electron chi connectivity index (χ0n) is 23.9. The summed E-state index contributed by atoms with van der Waals surface area (Å²) in [5.74, 6) is -0.713. The molecule has 1 aromatic carbocycles. The van der Waals surface area contributed by atoms with E-state index in [0.717, 1.165) is 0 Å². The first-order chi connectivity index (χ1) is 19.9. The number of hydrogen-bond donors (Lipinski definition) is 1. The lowest BCUT2D eigenvalue weighted by Gasteiger charge is -2.24. The molecule has 1 N–H and O–H groups in total. The highest BCUT2D eigenvalue weighted by Crippen LogP contribution is 2.47. The third-order valence-electron chi connectivity index (χ3n) is 6.88. The van der Waals surface area contributed by atoms with Gasteiger partial charge in [-0.05, 0) is 60.0 Å². The summed E-state index contributed by atoms with van der Waals surface area (Å²) in [6.07, 6.45) is -0.612. The van der Waals surface area contributed by atoms with E-state index >= 15 is 0 Å². The highest BCUT2D eigenvalue weighted by molar-refractivity contribution is 9.10. The second-order valence-corrected chi connectivity index (χ2v) is 13.6. The molecule has 11 nitrogen and oxygen atoms in total. The smallest absolute Gasteiger partial charge is 0.248 e. The van der Waals surface area contributed by atoms with Crippen LogP contribution in [0.2, 0.25) is 0 Å². The van der Waals surface area contributed by atoms with Gasteiger partial charge < -0.3 is 19.5 Å². The van der Waals surface area contributed by atoms with E-state index in [1.54, 1.807) is 44.2 Å². The Kier molecular flexibility index (Phi) is 10.2. The Morgan fingerprint density at radius 2 is 1.98 bits per heavy atom. The number of aryl methyl sites for hydroxylation is 1. The number of alkyl halides is 1. The number of Topliss-reactive ketones (excluding diaryl/α,β-unsaturated/α-hetero) is 1. The van der Waals surface area contributed by atoms with Gasteiger partial charge in [0.15, 0.2) is 12.1 Å². The molecule has 0 aliphatic carbocycles. The van der Waals surface area contributed by atoms with E-state index in [2.05, 4.69) is 31.3 Å². The number of halogens is 2. The standard InChI is InChI=1S/C28H34BrFN5O6P/c1-5-11-42(39,41-6-2)16-40-20-8-9-21-22(13-20)35(33-26(21)18(4)36)15-25(37)34-14-19(30)12-23(34)28(38)32-27-17(3)7-10-24(29)31-27/h7-10,13,19,23H,5-6,11-12,14-16H2,1-4H3,(H,31,32,38)/t19-,23+,42?/m1/s1. The zero-order valence-corrected chi connectivity index (χ0v) is 26.4. The average molecular weight is 666 g/mol. The van der Waals surface area contributed by atoms with E-state index in [0.29, 0.717) is 51.8 Å². The number of pyridine rings is 1. The fourth-order valence-electron chi connectivity index (χ4n) is 4.90. The summed E-state index contributed by atoms with van der Waals surface area (Å²) in [5, 5.41) is 7.57. The van der Waals surface area contributed by atoms with Crippen molar-refractivity contribution in [2.75, 3.05) is 31.0 Å². The Bertz CT molecular complexity index is 1540. The van der Waals surface area contributed by atoms with Crippen LogP contribution < -0.4 is 10.1 Å². The number of hydrogen-bond acceptors (Lipinski definition) is 8. The van der Waals surface area contributed by atoms with Crippen molar-refractivity contribution < 1.29 is 32.6 Å². The molecule has 1 aliphatic rings. The van der Waals surface area contributed by atoms with Crippen molar-refractivity contribution >= 4 is 57.6 Å². The highest BCUT2D eigenvalue weighted by Gasteiger charge is 2.40. The van der Waals surface area contributed by atoms with Crippen LogP contribution in [-0.4, -0.2) is 75.1 Å². The van der Waals surface area contributed by atoms with Crippen molar-refractivity contribution in [2.24, 2.45) is 0 Å². The van der Waals surface area contributed by atoms with Gasteiger partial charge in [0.1, 0.15) is 40.6 Å². The molecule has 0 radical (unpaired) electrons. The Balaban J connectivity index is 1.57. The molecule has 42 heavy (non-hydrogen) atoms. The lowest BCUT2D eigenvalue weighted by Crippen LogP contribution is -2.44. The van der Waals surface area contributed by atoms with Crippen LogP contribution in [0.25, 0.3) is 10.9 Å². The van der Waals surface area contributed by atoms with Gasteiger partial charge >= 0.3 is 0 Å². The van der Waals surface area contributed by atoms with Crippen LogP contribution in [0.3, 0.4) is 0 Å². The maximum atomic E-state index is 14.6. The van der Waals surface area contributed by atoms with E-state index in [4.69, 9.17) is 9.26 Å². The van der Waals surface area contributed by atoms with E-state index in [1.165, 1.54) is 16.5 Å². The molecule has 3 atom stereocenters. The molecular formula is C28H34BrFN5O6P. The zero-order chi connectivity index (χ0) is 30.6. The number of amides is 2. The minimum absolute atomic E-state index is 0.123. The molecule has 2 aromatic heterocycles. The molecular weight excluding hydrogens is 632 g/mol. The molecule has 14 heteroatoms. The van der Waals surface area contributed by atoms with Crippen molar-refractivity contribution in [1.82, 2.24) is 19.7 Å². The predicted octanol–water partition coefficient (Wildman–Crippen LogP) is 5.34. The van der Waals surface area contributed by atoms with Crippen LogP contribution in [-0.2, 0) is 25.2 Å². The van der Waals surface area contributed by atoms with Gasteiger partial charge in [0.2, 0.25) is 19.2 Å². The van der Waals surface area contributed by atoms with E-state index < -0.39 is 31.4 Å². The molecule has 0 spiro atoms. The first-order valence-electron chi connectivity index (χ1n) is 13.7. The third kappa shape index (κ3) is 7.25. The Hall–Kier alpha value is -3.15. The maximum absolute atomic E-state index is 14.6. The predicted molar refractivity (Wildman–Crippen MR) is 160 cm³/mol. The van der Waals surface area contributed by atoms with Gasteiger partial charge in [-0.1, -0.05) is 13.0 Å². The Labute approximate surface area is 251 Å². The van der Waals surface area contributed by atoms with Crippen molar-refractivity contribution in [3.63, 3.8) is 0 Å². The summed E-state index contributed by atoms with van der Waals surface area (Å²) in [5.41, 5.74) is 1.30. The molecule has 0 bridgehead atoms. The Morgan fingerprint density at radius 3 is 2.67 bits per heavy atom. The number of fused-ring (bicyclic) bond motifs is 1. The average Bonchev–Trinajstić information content (AvgIpc) is 3.50. The van der Waals surface area contributed by atoms with E-state index in [-0.39, 0.29) is 37.3 Å². The number of carbonyl (C=O) groups excluding carboxylic acids is 3. The second kappa shape index (κ2) is 13.4. The normalized spacial score (nSPS) is 18.2. The largest absolute Gasteiger partial charge is 0.483 e. The number of ketones is 1. The number of nitrogens with one attached hydrogen (secondary N) is 1. The molecule has 1 saturated heterocycles. The molecule has 1 aliphatic heterocycles. The van der Waals surface area contributed by atoms with Crippen molar-refractivity contribution in [3.8, 4) is 5.75 Å². The summed E-state index contributed by atoms with van der Waals surface area (Å²) < 4.78 is 40.8. The van der Waals surface area contributed by atoms with Crippen molar-refractivity contribution in [3.05, 3.63) is 46.2 Å². The summed E-state index contributed by atoms with van der Waals surface area (Å²) in [7, 11) is -3.00. The SMILES string of the molecule is CCCP(=O)(COc1ccc2c(C(C)=O)nn(CC(=O)N3C[C@H](F)C[C@H]3C(=O)Nc3nc(Br)ccc3C)c2c1)OCC. The quantitative estimate of drug-likeness (QED) is 0.156. The summed E-state index contributed by atoms with van der Waals surface area (Å²) in [4.78, 5) is 44.4. The number of ether oxygens (including phenoxy) is 1. The lowest BCUT2D eigenvalue weighted by atomic mass is 10.1. The van der Waals surface area contributed by atoms with Gasteiger partial charge in [0.25, 0.3) is 0 Å². The van der Waals surface area contributed by atoms with Gasteiger partial charge in [0.05, 0.1) is 18.7 Å². The Morgan fingerprint density at radius 1 is 1.21 bits per heavy atom. The van der Waals surface area contributed by atoms with E-state index in [9.17, 15) is 23.3 Å². The van der Waals surface area contributed by atoms with Crippen LogP contribution >= 0.6 is 23.3 Å². The van der Waals surface area contributed by atoms with Crippen LogP contribution in [0.1, 0.15) is 49.7 Å². The second-order valence-electron chi connectivity index (χ2n) is 10.2. The summed E-state index contributed by atoms with van der Waals surface area (Å²) >= 11 is 3.27. The van der Waals surface area contributed by atoms with Gasteiger partial charge in [-0.2, -0.15) is 5.10 Å². The first kappa shape index (κ1) is 31.8. The monoisotopic (exact) mass is 665 g/mol. The number of anilines is 1. The van der Waals surface area contributed by atoms with Gasteiger partial charge in [0, 0.05) is 31.0 Å². The minimum Gasteiger partial charge on any atom is -0.483 e. The first-order valence-corrected chi connectivity index (χ1v) is 16.5. The van der Waals surface area contributed by atoms with Gasteiger partial charge in [-0.3, -0.25) is 23.6 Å². The summed E-state index contributed by atoms with van der Waals surface area (Å²) in [6, 6.07) is 7.35. The van der Waals surface area contributed by atoms with Gasteiger partial charge in [-0.25, -0.2) is 9.37 Å². The topological polar surface area (TPSA) is 133 Å². The van der Waals surface area contributed by atoms with Crippen molar-refractivity contribution in [2.45, 2.75) is 59.3 Å². The van der Waals surface area contributed by atoms with E-state index in [1.807, 2.05) is 6.92 Å². The molecule has 3 aromatic rings. The molecule has 3 heterocycles. The molecule has 1 fully saturated rings. The van der Waals surface area contributed by atoms with Gasteiger partial charge in [-0.15, -0.1) is 0 Å². The highest BCUT2D eigenvalue weighted by atomic mass is 79.9.